The largest absolute Gasteiger partial charge is 0.462 e. The number of methoxy groups -OCH3 is 1. The van der Waals surface area contributed by atoms with Crippen molar-refractivity contribution in [3.8, 4) is 0 Å². The average molecular weight is 411 g/mol. The maximum Gasteiger partial charge on any atom is 0.279 e. The molecule has 2 N–H and O–H groups in total. The highest BCUT2D eigenvalue weighted by Gasteiger charge is 2.74. The maximum atomic E-state index is 13.2. The van der Waals surface area contributed by atoms with Crippen molar-refractivity contribution in [3.63, 3.8) is 0 Å². The van der Waals surface area contributed by atoms with Gasteiger partial charge in [-0.1, -0.05) is 37.3 Å². The van der Waals surface area contributed by atoms with Gasteiger partial charge in [-0.25, -0.2) is 0 Å². The second-order valence-electron chi connectivity index (χ2n) is 7.23. The van der Waals surface area contributed by atoms with Crippen molar-refractivity contribution >= 4 is 23.2 Å². The lowest BCUT2D eigenvalue weighted by atomic mass is 9.85. The highest BCUT2D eigenvalue weighted by molar-refractivity contribution is 6.25. The molecule has 2 aliphatic rings. The molecule has 3 atom stereocenters. The maximum absolute atomic E-state index is 13.2. The summed E-state index contributed by atoms with van der Waals surface area (Å²) in [5.41, 5.74) is -4.22. The second-order valence-corrected chi connectivity index (χ2v) is 7.23. The van der Waals surface area contributed by atoms with Gasteiger partial charge < -0.3 is 24.3 Å². The molecule has 2 aromatic rings. The number of benzene rings is 1. The zero-order valence-corrected chi connectivity index (χ0v) is 16.7. The van der Waals surface area contributed by atoms with Crippen LogP contribution in [0.1, 0.15) is 35.7 Å². The third kappa shape index (κ3) is 2.50. The minimum Gasteiger partial charge on any atom is -0.462 e. The van der Waals surface area contributed by atoms with Crippen LogP contribution in [0.3, 0.4) is 0 Å². The molecule has 156 valence electrons. The van der Waals surface area contributed by atoms with Crippen molar-refractivity contribution < 1.29 is 33.4 Å². The molecule has 8 heteroatoms. The molecule has 3 heterocycles. The summed E-state index contributed by atoms with van der Waals surface area (Å²) in [4.78, 5) is 39.3. The summed E-state index contributed by atoms with van der Waals surface area (Å²) in [6.07, 6.45) is -1.30. The van der Waals surface area contributed by atoms with Crippen molar-refractivity contribution in [2.45, 2.75) is 37.7 Å². The van der Waals surface area contributed by atoms with Crippen LogP contribution in [0.4, 0.5) is 0 Å². The molecule has 1 aromatic heterocycles. The van der Waals surface area contributed by atoms with Crippen molar-refractivity contribution in [1.29, 1.82) is 0 Å². The Bertz CT molecular complexity index is 1070. The smallest absolute Gasteiger partial charge is 0.279 e. The van der Waals surface area contributed by atoms with Gasteiger partial charge in [-0.2, -0.15) is 0 Å². The summed E-state index contributed by atoms with van der Waals surface area (Å²) in [7, 11) is 1.17. The van der Waals surface area contributed by atoms with Crippen molar-refractivity contribution in [2.75, 3.05) is 7.11 Å². The van der Waals surface area contributed by atoms with Crippen LogP contribution < -0.4 is 5.32 Å². The van der Waals surface area contributed by atoms with Crippen LogP contribution in [-0.2, 0) is 25.5 Å². The van der Waals surface area contributed by atoms with Gasteiger partial charge in [0.05, 0.1) is 0 Å². The highest BCUT2D eigenvalue weighted by Crippen LogP contribution is 2.45. The van der Waals surface area contributed by atoms with Gasteiger partial charge in [0.2, 0.25) is 17.3 Å². The number of rotatable bonds is 5. The van der Waals surface area contributed by atoms with E-state index >= 15 is 0 Å². The molecule has 1 unspecified atom stereocenters. The normalized spacial score (nSPS) is 28.2. The van der Waals surface area contributed by atoms with Gasteiger partial charge in [0.1, 0.15) is 5.76 Å². The number of aryl methyl sites for hydroxylation is 1. The lowest BCUT2D eigenvalue weighted by molar-refractivity contribution is -0.156. The molecule has 1 fully saturated rings. The molecule has 4 rings (SSSR count). The molecule has 0 bridgehead atoms. The number of nitrogens with one attached hydrogen (secondary N) is 1. The Kier molecular flexibility index (Phi) is 4.63. The average Bonchev–Trinajstić information content (AvgIpc) is 3.41. The van der Waals surface area contributed by atoms with Gasteiger partial charge >= 0.3 is 0 Å². The molecule has 0 aliphatic carbocycles. The Morgan fingerprint density at radius 2 is 1.90 bits per heavy atom. The van der Waals surface area contributed by atoms with Gasteiger partial charge in [0, 0.05) is 24.7 Å². The van der Waals surface area contributed by atoms with E-state index < -0.39 is 34.9 Å². The highest BCUT2D eigenvalue weighted by atomic mass is 16.6. The van der Waals surface area contributed by atoms with Crippen LogP contribution in [0.15, 0.2) is 52.5 Å². The van der Waals surface area contributed by atoms with Gasteiger partial charge in [-0.15, -0.1) is 0 Å². The number of ketones is 2. The fourth-order valence-corrected chi connectivity index (χ4v) is 3.90. The predicted molar refractivity (Wildman–Crippen MR) is 104 cm³/mol. The Balaban J connectivity index is 1.76. The number of hydrogen-bond acceptors (Lipinski definition) is 7. The van der Waals surface area contributed by atoms with Gasteiger partial charge in [-0.05, 0) is 19.1 Å². The molecule has 0 radical (unpaired) electrons. The zero-order valence-electron chi connectivity index (χ0n) is 16.7. The molecular weight excluding hydrogens is 390 g/mol. The quantitative estimate of drug-likeness (QED) is 0.568. The number of amides is 1. The molecule has 2 aliphatic heterocycles. The van der Waals surface area contributed by atoms with E-state index in [1.807, 2.05) is 6.92 Å². The van der Waals surface area contributed by atoms with Crippen LogP contribution in [0.25, 0.3) is 5.76 Å². The monoisotopic (exact) mass is 411 g/mol. The number of aliphatic hydroxyl groups excluding tert-OH is 1. The number of carbonyl (C=O) groups is 3. The van der Waals surface area contributed by atoms with Crippen LogP contribution in [0.5, 0.6) is 0 Å². The Labute approximate surface area is 172 Å². The van der Waals surface area contributed by atoms with Crippen LogP contribution >= 0.6 is 0 Å². The van der Waals surface area contributed by atoms with Gasteiger partial charge in [0.15, 0.2) is 17.6 Å². The minimum atomic E-state index is -2.35. The molecule has 1 spiro atoms. The predicted octanol–water partition coefficient (Wildman–Crippen LogP) is 1.63. The van der Waals surface area contributed by atoms with Crippen LogP contribution in [0, 0.1) is 0 Å². The van der Waals surface area contributed by atoms with E-state index in [0.717, 1.165) is 0 Å². The first-order valence-electron chi connectivity index (χ1n) is 9.51. The summed E-state index contributed by atoms with van der Waals surface area (Å²) in [6, 6.07) is 11.4. The molecule has 8 nitrogen and oxygen atoms in total. The summed E-state index contributed by atoms with van der Waals surface area (Å²) < 4.78 is 16.8. The lowest BCUT2D eigenvalue weighted by Gasteiger charge is -2.32. The van der Waals surface area contributed by atoms with E-state index in [1.54, 1.807) is 30.3 Å². The minimum absolute atomic E-state index is 0.0490. The van der Waals surface area contributed by atoms with Crippen LogP contribution in [0.2, 0.25) is 0 Å². The van der Waals surface area contributed by atoms with Gasteiger partial charge in [0.25, 0.3) is 11.5 Å². The number of ether oxygens (including phenoxy) is 2. The van der Waals surface area contributed by atoms with Crippen LogP contribution in [-0.4, -0.2) is 47.1 Å². The van der Waals surface area contributed by atoms with Gasteiger partial charge in [-0.3, -0.25) is 14.4 Å². The topological polar surface area (TPSA) is 115 Å². The number of aliphatic hydroxyl groups is 1. The third-order valence-corrected chi connectivity index (χ3v) is 5.62. The SMILES string of the molecule is CCc1ccc(C2=C(C)C(=O)[C@@]3(O2)C(=O)N[C@@](OC)(C(=O)c2ccccc2)C3O)o1. The first-order chi connectivity index (χ1) is 14.3. The van der Waals surface area contributed by atoms with E-state index in [4.69, 9.17) is 13.9 Å². The second kappa shape index (κ2) is 6.93. The standard InChI is InChI=1S/C22H21NO7/c1-4-14-10-11-15(29-14)16-12(2)17(24)21(30-16)19(26)22(28-3,23-20(21)27)18(25)13-8-6-5-7-9-13/h5-11,19,26H,4H2,1-3H3,(H,23,27)/t19?,21-,22+/m0/s1. The Morgan fingerprint density at radius 1 is 1.20 bits per heavy atom. The number of hydrogen-bond donors (Lipinski definition) is 2. The van der Waals surface area contributed by atoms with Crippen molar-refractivity contribution in [1.82, 2.24) is 5.32 Å². The molecule has 1 aromatic carbocycles. The number of Topliss-reactive ketones (excluding diaryl/α,β-unsaturated/α-hetero) is 2. The Morgan fingerprint density at radius 3 is 2.50 bits per heavy atom. The molecule has 1 saturated heterocycles. The van der Waals surface area contributed by atoms with E-state index in [9.17, 15) is 19.5 Å². The number of carbonyl (C=O) groups excluding carboxylic acids is 3. The molecule has 0 saturated carbocycles. The zero-order chi connectivity index (χ0) is 21.7. The summed E-state index contributed by atoms with van der Waals surface area (Å²) in [5.74, 6) is -1.42. The lowest BCUT2D eigenvalue weighted by Crippen LogP contribution is -2.60. The summed E-state index contributed by atoms with van der Waals surface area (Å²) >= 11 is 0. The Hall–Kier alpha value is -3.23. The molecule has 1 amide bonds. The fraction of sp³-hybridized carbons (Fsp3) is 0.318. The molecular formula is C22H21NO7. The molecule has 30 heavy (non-hydrogen) atoms. The van der Waals surface area contributed by atoms with E-state index in [0.29, 0.717) is 12.2 Å². The van der Waals surface area contributed by atoms with Crippen molar-refractivity contribution in [3.05, 3.63) is 65.1 Å². The first kappa shape index (κ1) is 20.1. The van der Waals surface area contributed by atoms with E-state index in [2.05, 4.69) is 5.32 Å². The third-order valence-electron chi connectivity index (χ3n) is 5.62. The number of furan rings is 1. The van der Waals surface area contributed by atoms with E-state index in [1.165, 1.54) is 26.2 Å². The first-order valence-corrected chi connectivity index (χ1v) is 9.51. The van der Waals surface area contributed by atoms with E-state index in [-0.39, 0.29) is 22.7 Å². The van der Waals surface area contributed by atoms with Crippen molar-refractivity contribution in [2.24, 2.45) is 0 Å². The summed E-state index contributed by atoms with van der Waals surface area (Å²) in [6.45, 7) is 3.38. The summed E-state index contributed by atoms with van der Waals surface area (Å²) in [5, 5.41) is 13.5. The fourth-order valence-electron chi connectivity index (χ4n) is 3.90.